The van der Waals surface area contributed by atoms with Gasteiger partial charge < -0.3 is 4.74 Å². The van der Waals surface area contributed by atoms with Crippen LogP contribution < -0.4 is 4.74 Å². The Morgan fingerprint density at radius 2 is 2.07 bits per heavy atom. The minimum absolute atomic E-state index is 0.564. The Morgan fingerprint density at radius 1 is 1.29 bits per heavy atom. The van der Waals surface area contributed by atoms with Crippen LogP contribution in [0, 0.1) is 0 Å². The van der Waals surface area contributed by atoms with E-state index < -0.39 is 0 Å². The molecule has 72 valence electrons. The largest absolute Gasteiger partial charge is 0.494 e. The summed E-state index contributed by atoms with van der Waals surface area (Å²) in [7, 11) is 1.62. The van der Waals surface area contributed by atoms with Crippen molar-refractivity contribution in [1.82, 2.24) is 9.78 Å². The fourth-order valence-corrected chi connectivity index (χ4v) is 1.46. The molecular weight excluding hydrogens is 200 g/mol. The van der Waals surface area contributed by atoms with Gasteiger partial charge in [-0.15, -0.1) is 0 Å². The summed E-state index contributed by atoms with van der Waals surface area (Å²) in [6, 6.07) is 9.31. The molecule has 0 spiro atoms. The molecule has 0 unspecified atom stereocenters. The van der Waals surface area contributed by atoms with Gasteiger partial charge in [-0.2, -0.15) is 5.10 Å². The van der Waals surface area contributed by atoms with Crippen LogP contribution in [0.5, 0.6) is 5.75 Å². The van der Waals surface area contributed by atoms with Gasteiger partial charge in [0.05, 0.1) is 13.3 Å². The number of nitrogens with zero attached hydrogens (tertiary/aromatic N) is 2. The highest BCUT2D eigenvalue weighted by Crippen LogP contribution is 2.24. The van der Waals surface area contributed by atoms with Crippen LogP contribution in [0.1, 0.15) is 0 Å². The van der Waals surface area contributed by atoms with E-state index in [9.17, 15) is 0 Å². The standard InChI is InChI=1S/C10H9ClN2O/c1-14-9-5-3-2-4-8(9)13-10(11)6-7-12-13/h2-7H,1H3. The predicted molar refractivity (Wildman–Crippen MR) is 55.1 cm³/mol. The molecule has 0 aliphatic carbocycles. The lowest BCUT2D eigenvalue weighted by molar-refractivity contribution is 0.412. The molecule has 14 heavy (non-hydrogen) atoms. The minimum atomic E-state index is 0.564. The smallest absolute Gasteiger partial charge is 0.144 e. The van der Waals surface area contributed by atoms with Crippen molar-refractivity contribution in [3.05, 3.63) is 41.7 Å². The van der Waals surface area contributed by atoms with Crippen LogP contribution in [0.25, 0.3) is 5.69 Å². The molecule has 0 saturated carbocycles. The van der Waals surface area contributed by atoms with Gasteiger partial charge in [-0.05, 0) is 18.2 Å². The van der Waals surface area contributed by atoms with E-state index in [-0.39, 0.29) is 0 Å². The first-order valence-electron chi connectivity index (χ1n) is 4.16. The number of rotatable bonds is 2. The van der Waals surface area contributed by atoms with Crippen molar-refractivity contribution in [1.29, 1.82) is 0 Å². The third-order valence-corrected chi connectivity index (χ3v) is 2.20. The second-order valence-electron chi connectivity index (χ2n) is 2.74. The molecule has 0 fully saturated rings. The zero-order chi connectivity index (χ0) is 9.97. The Bertz CT molecular complexity index is 439. The predicted octanol–water partition coefficient (Wildman–Crippen LogP) is 2.53. The van der Waals surface area contributed by atoms with Crippen LogP contribution in [-0.4, -0.2) is 16.9 Å². The molecule has 0 saturated heterocycles. The quantitative estimate of drug-likeness (QED) is 0.759. The van der Waals surface area contributed by atoms with Gasteiger partial charge in [0.1, 0.15) is 16.6 Å². The number of para-hydroxylation sites is 2. The lowest BCUT2D eigenvalue weighted by atomic mass is 10.3. The van der Waals surface area contributed by atoms with Gasteiger partial charge >= 0.3 is 0 Å². The average Bonchev–Trinajstić information content (AvgIpc) is 2.64. The Balaban J connectivity index is 2.56. The molecule has 0 bridgehead atoms. The number of methoxy groups -OCH3 is 1. The molecule has 1 aromatic carbocycles. The summed E-state index contributed by atoms with van der Waals surface area (Å²) >= 11 is 5.95. The number of halogens is 1. The molecule has 0 amide bonds. The van der Waals surface area contributed by atoms with Crippen LogP contribution >= 0.6 is 11.6 Å². The summed E-state index contributed by atoms with van der Waals surface area (Å²) < 4.78 is 6.83. The number of benzene rings is 1. The summed E-state index contributed by atoms with van der Waals surface area (Å²) in [5.74, 6) is 0.748. The van der Waals surface area contributed by atoms with Gasteiger partial charge in [0.25, 0.3) is 0 Å². The molecule has 0 N–H and O–H groups in total. The Labute approximate surface area is 86.9 Å². The highest BCUT2D eigenvalue weighted by atomic mass is 35.5. The van der Waals surface area contributed by atoms with E-state index >= 15 is 0 Å². The topological polar surface area (TPSA) is 27.1 Å². The van der Waals surface area contributed by atoms with Crippen molar-refractivity contribution in [2.75, 3.05) is 7.11 Å². The molecule has 1 aromatic heterocycles. The lowest BCUT2D eigenvalue weighted by Gasteiger charge is -2.08. The summed E-state index contributed by atoms with van der Waals surface area (Å²) in [5, 5.41) is 4.66. The molecule has 1 heterocycles. The maximum atomic E-state index is 5.95. The van der Waals surface area contributed by atoms with Crippen LogP contribution in [-0.2, 0) is 0 Å². The number of hydrogen-bond donors (Lipinski definition) is 0. The van der Waals surface area contributed by atoms with E-state index in [2.05, 4.69) is 5.10 Å². The molecule has 3 nitrogen and oxygen atoms in total. The minimum Gasteiger partial charge on any atom is -0.494 e. The van der Waals surface area contributed by atoms with Crippen molar-refractivity contribution < 1.29 is 4.74 Å². The fraction of sp³-hybridized carbons (Fsp3) is 0.100. The SMILES string of the molecule is COc1ccccc1-n1nccc1Cl. The first-order valence-corrected chi connectivity index (χ1v) is 4.53. The summed E-state index contributed by atoms with van der Waals surface area (Å²) in [4.78, 5) is 0. The Morgan fingerprint density at radius 3 is 2.71 bits per heavy atom. The highest BCUT2D eigenvalue weighted by Gasteiger charge is 2.06. The van der Waals surface area contributed by atoms with Crippen molar-refractivity contribution >= 4 is 11.6 Å². The van der Waals surface area contributed by atoms with E-state index in [1.807, 2.05) is 24.3 Å². The Hall–Kier alpha value is -1.48. The zero-order valence-electron chi connectivity index (χ0n) is 7.64. The van der Waals surface area contributed by atoms with Crippen molar-refractivity contribution in [3.8, 4) is 11.4 Å². The Kier molecular flexibility index (Phi) is 2.41. The van der Waals surface area contributed by atoms with Crippen molar-refractivity contribution in [2.24, 2.45) is 0 Å². The van der Waals surface area contributed by atoms with Gasteiger partial charge in [-0.3, -0.25) is 0 Å². The summed E-state index contributed by atoms with van der Waals surface area (Å²) in [6.45, 7) is 0. The maximum absolute atomic E-state index is 5.95. The fourth-order valence-electron chi connectivity index (χ4n) is 1.27. The van der Waals surface area contributed by atoms with E-state index in [1.54, 1.807) is 24.1 Å². The third-order valence-electron chi connectivity index (χ3n) is 1.91. The second kappa shape index (κ2) is 3.72. The van der Waals surface area contributed by atoms with Crippen LogP contribution in [0.3, 0.4) is 0 Å². The molecule has 0 aliphatic rings. The van der Waals surface area contributed by atoms with Crippen LogP contribution in [0.4, 0.5) is 0 Å². The van der Waals surface area contributed by atoms with Gasteiger partial charge in [0.15, 0.2) is 0 Å². The van der Waals surface area contributed by atoms with E-state index in [0.717, 1.165) is 11.4 Å². The molecular formula is C10H9ClN2O. The maximum Gasteiger partial charge on any atom is 0.144 e. The summed E-state index contributed by atoms with van der Waals surface area (Å²) in [5.41, 5.74) is 0.838. The van der Waals surface area contributed by atoms with E-state index in [1.165, 1.54) is 0 Å². The lowest BCUT2D eigenvalue weighted by Crippen LogP contribution is -1.99. The zero-order valence-corrected chi connectivity index (χ0v) is 8.40. The van der Waals surface area contributed by atoms with Gasteiger partial charge in [0, 0.05) is 0 Å². The monoisotopic (exact) mass is 208 g/mol. The molecule has 0 atom stereocenters. The second-order valence-corrected chi connectivity index (χ2v) is 3.12. The number of aromatic nitrogens is 2. The number of ether oxygens (including phenoxy) is 1. The van der Waals surface area contributed by atoms with Gasteiger partial charge in [0.2, 0.25) is 0 Å². The van der Waals surface area contributed by atoms with Crippen LogP contribution in [0.2, 0.25) is 5.15 Å². The van der Waals surface area contributed by atoms with E-state index in [0.29, 0.717) is 5.15 Å². The third kappa shape index (κ3) is 1.46. The highest BCUT2D eigenvalue weighted by molar-refractivity contribution is 6.29. The van der Waals surface area contributed by atoms with Crippen molar-refractivity contribution in [2.45, 2.75) is 0 Å². The van der Waals surface area contributed by atoms with Crippen molar-refractivity contribution in [3.63, 3.8) is 0 Å². The first-order chi connectivity index (χ1) is 6.83. The first kappa shape index (κ1) is 9.09. The molecule has 0 radical (unpaired) electrons. The van der Waals surface area contributed by atoms with Crippen LogP contribution in [0.15, 0.2) is 36.5 Å². The molecule has 4 heteroatoms. The van der Waals surface area contributed by atoms with E-state index in [4.69, 9.17) is 16.3 Å². The van der Waals surface area contributed by atoms with Gasteiger partial charge in [-0.25, -0.2) is 4.68 Å². The normalized spacial score (nSPS) is 10.1. The molecule has 0 aliphatic heterocycles. The average molecular weight is 209 g/mol. The molecule has 2 rings (SSSR count). The molecule has 2 aromatic rings. The van der Waals surface area contributed by atoms with Gasteiger partial charge in [-0.1, -0.05) is 23.7 Å². The summed E-state index contributed by atoms with van der Waals surface area (Å²) in [6.07, 6.45) is 1.65. The number of hydrogen-bond acceptors (Lipinski definition) is 2.